The summed E-state index contributed by atoms with van der Waals surface area (Å²) < 4.78 is 38.9. The fourth-order valence-corrected chi connectivity index (χ4v) is 3.75. The molecule has 0 bridgehead atoms. The van der Waals surface area contributed by atoms with E-state index in [0.29, 0.717) is 41.2 Å². The molecule has 0 aromatic heterocycles. The summed E-state index contributed by atoms with van der Waals surface area (Å²) in [6.07, 6.45) is 4.28. The van der Waals surface area contributed by atoms with Crippen molar-refractivity contribution in [1.82, 2.24) is 0 Å². The van der Waals surface area contributed by atoms with Crippen LogP contribution in [0.5, 0.6) is 5.75 Å². The normalized spacial score (nSPS) is 23.4. The van der Waals surface area contributed by atoms with E-state index in [0.717, 1.165) is 25.5 Å². The van der Waals surface area contributed by atoms with Crippen molar-refractivity contribution in [3.8, 4) is 23.1 Å². The van der Waals surface area contributed by atoms with Crippen LogP contribution in [0.4, 0.5) is 8.78 Å². The van der Waals surface area contributed by atoms with Crippen LogP contribution in [-0.2, 0) is 4.74 Å². The predicted molar refractivity (Wildman–Crippen MR) is 96.5 cm³/mol. The number of halogens is 2. The molecule has 2 atom stereocenters. The maximum absolute atomic E-state index is 13.6. The highest BCUT2D eigenvalue weighted by atomic mass is 19.1. The van der Waals surface area contributed by atoms with Gasteiger partial charge in [0, 0.05) is 30.6 Å². The lowest BCUT2D eigenvalue weighted by Crippen LogP contribution is -2.38. The molecule has 4 nitrogen and oxygen atoms in total. The van der Waals surface area contributed by atoms with E-state index in [-0.39, 0.29) is 12.0 Å². The van der Waals surface area contributed by atoms with Gasteiger partial charge in [0.15, 0.2) is 0 Å². The van der Waals surface area contributed by atoms with Crippen LogP contribution in [0, 0.1) is 29.0 Å². The Labute approximate surface area is 156 Å². The summed E-state index contributed by atoms with van der Waals surface area (Å²) >= 11 is 0. The van der Waals surface area contributed by atoms with Gasteiger partial charge in [0.05, 0.1) is 12.3 Å². The number of fused-ring (bicyclic) bond motifs is 1. The molecule has 0 radical (unpaired) electrons. The Bertz CT molecular complexity index is 910. The summed E-state index contributed by atoms with van der Waals surface area (Å²) in [5.74, 6) is -0.385. The van der Waals surface area contributed by atoms with E-state index in [9.17, 15) is 8.78 Å². The first kappa shape index (κ1) is 17.6. The highest BCUT2D eigenvalue weighted by Gasteiger charge is 2.32. The van der Waals surface area contributed by atoms with Crippen molar-refractivity contribution < 1.29 is 18.3 Å². The van der Waals surface area contributed by atoms with Crippen LogP contribution in [0.25, 0.3) is 11.1 Å². The van der Waals surface area contributed by atoms with Gasteiger partial charge in [-0.2, -0.15) is 10.3 Å². The van der Waals surface area contributed by atoms with Gasteiger partial charge in [-0.05, 0) is 48.2 Å². The van der Waals surface area contributed by atoms with Crippen molar-refractivity contribution in [2.75, 3.05) is 13.2 Å². The highest BCUT2D eigenvalue weighted by Crippen LogP contribution is 2.36. The molecule has 2 aliphatic heterocycles. The van der Waals surface area contributed by atoms with Crippen molar-refractivity contribution in [3.63, 3.8) is 0 Å². The summed E-state index contributed by atoms with van der Waals surface area (Å²) in [6, 6.07) is 8.69. The number of hydrogen-bond acceptors (Lipinski definition) is 4. The Balaban J connectivity index is 1.70. The van der Waals surface area contributed by atoms with Crippen LogP contribution < -0.4 is 4.74 Å². The van der Waals surface area contributed by atoms with Gasteiger partial charge in [0.1, 0.15) is 23.5 Å². The van der Waals surface area contributed by atoms with E-state index in [4.69, 9.17) is 14.7 Å². The molecule has 0 N–H and O–H groups in total. The number of aliphatic imine (C=N–C) groups is 1. The van der Waals surface area contributed by atoms with Crippen molar-refractivity contribution in [2.24, 2.45) is 10.9 Å². The number of nitriles is 1. The van der Waals surface area contributed by atoms with E-state index in [1.54, 1.807) is 18.2 Å². The van der Waals surface area contributed by atoms with Crippen LogP contribution in [0.2, 0.25) is 0 Å². The Hall–Kier alpha value is -2.78. The molecule has 2 aromatic rings. The predicted octanol–water partition coefficient (Wildman–Crippen LogP) is 4.48. The largest absolute Gasteiger partial charge is 0.489 e. The zero-order valence-electron chi connectivity index (χ0n) is 14.6. The lowest BCUT2D eigenvalue weighted by atomic mass is 9.87. The van der Waals surface area contributed by atoms with Crippen molar-refractivity contribution in [3.05, 3.63) is 53.6 Å². The third-order valence-corrected chi connectivity index (χ3v) is 5.07. The molecular formula is C21H18F2N2O2. The molecule has 2 heterocycles. The quantitative estimate of drug-likeness (QED) is 0.735. The monoisotopic (exact) mass is 368 g/mol. The Morgan fingerprint density at radius 3 is 2.59 bits per heavy atom. The standard InChI is InChI=1S/C21H18F2N2O2/c22-16-6-15(7-17(23)9-16)13-3-4-20-18(8-13)19(25-12-24)10-21(27-20)14-2-1-5-26-11-14/h3-4,6-9,14,21H,1-2,5,10-11H2/t14-,21-/m0/s1. The number of nitrogens with zero attached hydrogens (tertiary/aromatic N) is 2. The second-order valence-electron chi connectivity index (χ2n) is 6.87. The molecule has 1 fully saturated rings. The number of rotatable bonds is 2. The van der Waals surface area contributed by atoms with Gasteiger partial charge in [-0.25, -0.2) is 8.78 Å². The minimum absolute atomic E-state index is 0.0950. The molecule has 0 saturated carbocycles. The SMILES string of the molecule is N#CN=C1C[C@@H]([C@H]2CCCOC2)Oc2ccc(-c3cc(F)cc(F)c3)cc21. The summed E-state index contributed by atoms with van der Waals surface area (Å²) in [6.45, 7) is 1.41. The zero-order chi connectivity index (χ0) is 18.8. The topological polar surface area (TPSA) is 54.6 Å². The van der Waals surface area contributed by atoms with Crippen LogP contribution in [0.1, 0.15) is 24.8 Å². The van der Waals surface area contributed by atoms with E-state index in [1.165, 1.54) is 12.1 Å². The van der Waals surface area contributed by atoms with Crippen LogP contribution in [0.15, 0.2) is 41.4 Å². The van der Waals surface area contributed by atoms with Crippen LogP contribution in [-0.4, -0.2) is 25.0 Å². The summed E-state index contributed by atoms with van der Waals surface area (Å²) in [4.78, 5) is 3.99. The average Bonchev–Trinajstić information content (AvgIpc) is 2.68. The molecule has 0 amide bonds. The van der Waals surface area contributed by atoms with Crippen LogP contribution >= 0.6 is 0 Å². The molecule has 4 rings (SSSR count). The molecule has 0 aliphatic carbocycles. The molecule has 6 heteroatoms. The molecule has 138 valence electrons. The second-order valence-corrected chi connectivity index (χ2v) is 6.87. The third kappa shape index (κ3) is 3.69. The fraction of sp³-hybridized carbons (Fsp3) is 0.333. The minimum Gasteiger partial charge on any atom is -0.489 e. The third-order valence-electron chi connectivity index (χ3n) is 5.07. The lowest BCUT2D eigenvalue weighted by molar-refractivity contribution is 0.00175. The van der Waals surface area contributed by atoms with E-state index in [2.05, 4.69) is 4.99 Å². The summed E-state index contributed by atoms with van der Waals surface area (Å²) in [5, 5.41) is 9.10. The Morgan fingerprint density at radius 2 is 1.89 bits per heavy atom. The first-order valence-corrected chi connectivity index (χ1v) is 8.95. The Kier molecular flexibility index (Phi) is 4.87. The van der Waals surface area contributed by atoms with Crippen LogP contribution in [0.3, 0.4) is 0 Å². The molecule has 2 aliphatic rings. The molecule has 27 heavy (non-hydrogen) atoms. The smallest absolute Gasteiger partial charge is 0.205 e. The first-order chi connectivity index (χ1) is 13.1. The molecule has 0 unspecified atom stereocenters. The summed E-state index contributed by atoms with van der Waals surface area (Å²) in [7, 11) is 0. The van der Waals surface area contributed by atoms with Crippen molar-refractivity contribution in [2.45, 2.75) is 25.4 Å². The number of ether oxygens (including phenoxy) is 2. The summed E-state index contributed by atoms with van der Waals surface area (Å²) in [5.41, 5.74) is 2.38. The van der Waals surface area contributed by atoms with Gasteiger partial charge in [-0.3, -0.25) is 0 Å². The average molecular weight is 368 g/mol. The first-order valence-electron chi connectivity index (χ1n) is 8.95. The highest BCUT2D eigenvalue weighted by molar-refractivity contribution is 6.05. The fourth-order valence-electron chi connectivity index (χ4n) is 3.75. The zero-order valence-corrected chi connectivity index (χ0v) is 14.6. The molecule has 1 saturated heterocycles. The van der Waals surface area contributed by atoms with E-state index >= 15 is 0 Å². The molecular weight excluding hydrogens is 350 g/mol. The van der Waals surface area contributed by atoms with Gasteiger partial charge in [-0.15, -0.1) is 0 Å². The van der Waals surface area contributed by atoms with Gasteiger partial charge in [-0.1, -0.05) is 6.07 Å². The van der Waals surface area contributed by atoms with Gasteiger partial charge < -0.3 is 9.47 Å². The van der Waals surface area contributed by atoms with Gasteiger partial charge in [0.2, 0.25) is 6.19 Å². The number of benzene rings is 2. The maximum atomic E-state index is 13.6. The molecule has 0 spiro atoms. The van der Waals surface area contributed by atoms with Crippen molar-refractivity contribution >= 4 is 5.71 Å². The van der Waals surface area contributed by atoms with E-state index < -0.39 is 11.6 Å². The van der Waals surface area contributed by atoms with Crippen molar-refractivity contribution in [1.29, 1.82) is 5.26 Å². The van der Waals surface area contributed by atoms with Gasteiger partial charge >= 0.3 is 0 Å². The van der Waals surface area contributed by atoms with Gasteiger partial charge in [0.25, 0.3) is 0 Å². The minimum atomic E-state index is -0.637. The van der Waals surface area contributed by atoms with E-state index in [1.807, 2.05) is 6.19 Å². The maximum Gasteiger partial charge on any atom is 0.205 e. The second kappa shape index (κ2) is 7.45. The number of hydrogen-bond donors (Lipinski definition) is 0. The Morgan fingerprint density at radius 1 is 1.07 bits per heavy atom. The molecule has 2 aromatic carbocycles. The lowest BCUT2D eigenvalue weighted by Gasteiger charge is -2.34.